The van der Waals surface area contributed by atoms with Gasteiger partial charge in [0, 0.05) is 0 Å². The van der Waals surface area contributed by atoms with E-state index < -0.39 is 5.38 Å². The van der Waals surface area contributed by atoms with Crippen molar-refractivity contribution >= 4 is 17.6 Å². The molecular weight excluding hydrogens is 200 g/mol. The van der Waals surface area contributed by atoms with Crippen LogP contribution in [0.1, 0.15) is 12.5 Å². The zero-order valence-corrected chi connectivity index (χ0v) is 8.75. The van der Waals surface area contributed by atoms with Gasteiger partial charge in [0.2, 0.25) is 0 Å². The molecule has 1 aromatic carbocycles. The third-order valence-corrected chi connectivity index (χ3v) is 2.08. The maximum Gasteiger partial charge on any atom is 0.324 e. The highest BCUT2D eigenvalue weighted by molar-refractivity contribution is 6.30. The average Bonchev–Trinajstić information content (AvgIpc) is 2.19. The Hall–Kier alpha value is -1.02. The molecule has 0 amide bonds. The first kappa shape index (κ1) is 11.1. The first-order chi connectivity index (χ1) is 6.74. The van der Waals surface area contributed by atoms with Gasteiger partial charge < -0.3 is 4.74 Å². The Morgan fingerprint density at radius 1 is 1.57 bits per heavy atom. The van der Waals surface area contributed by atoms with Gasteiger partial charge in [0.15, 0.2) is 0 Å². The van der Waals surface area contributed by atoms with E-state index in [9.17, 15) is 4.79 Å². The summed E-state index contributed by atoms with van der Waals surface area (Å²) in [5.41, 5.74) is 1.01. The standard InChI is InChI=1S/C11H12ClO2/c1-2-14-11(13)10(12)8-9-6-4-3-5-7-9/h4-7,10H,2,8H2,1H3. The van der Waals surface area contributed by atoms with E-state index in [-0.39, 0.29) is 5.97 Å². The van der Waals surface area contributed by atoms with E-state index in [0.29, 0.717) is 13.0 Å². The van der Waals surface area contributed by atoms with E-state index >= 15 is 0 Å². The van der Waals surface area contributed by atoms with E-state index in [1.54, 1.807) is 19.1 Å². The molecule has 0 bridgehead atoms. The van der Waals surface area contributed by atoms with Crippen LogP contribution >= 0.6 is 11.6 Å². The fourth-order valence-corrected chi connectivity index (χ4v) is 1.32. The Kier molecular flexibility index (Phi) is 4.47. The maximum atomic E-state index is 11.2. The van der Waals surface area contributed by atoms with Gasteiger partial charge in [-0.15, -0.1) is 11.6 Å². The van der Waals surface area contributed by atoms with Gasteiger partial charge in [0.05, 0.1) is 6.61 Å². The Morgan fingerprint density at radius 2 is 2.21 bits per heavy atom. The zero-order valence-electron chi connectivity index (χ0n) is 8.00. The van der Waals surface area contributed by atoms with Gasteiger partial charge in [-0.3, -0.25) is 4.79 Å². The molecule has 0 aliphatic rings. The molecule has 0 saturated heterocycles. The number of esters is 1. The molecule has 0 aliphatic heterocycles. The number of alkyl halides is 1. The molecule has 75 valence electrons. The summed E-state index contributed by atoms with van der Waals surface area (Å²) in [5, 5.41) is -0.600. The Bertz CT molecular complexity index is 285. The van der Waals surface area contributed by atoms with Gasteiger partial charge >= 0.3 is 5.97 Å². The molecule has 1 rings (SSSR count). The van der Waals surface area contributed by atoms with Crippen LogP contribution in [-0.2, 0) is 16.0 Å². The van der Waals surface area contributed by atoms with Crippen LogP contribution in [0.2, 0.25) is 0 Å². The number of halogens is 1. The van der Waals surface area contributed by atoms with Crippen molar-refractivity contribution in [2.45, 2.75) is 18.7 Å². The average molecular weight is 212 g/mol. The molecule has 0 heterocycles. The summed E-state index contributed by atoms with van der Waals surface area (Å²) in [6, 6.07) is 10.3. The second-order valence-corrected chi connectivity index (χ2v) is 3.36. The fourth-order valence-electron chi connectivity index (χ4n) is 1.08. The van der Waals surface area contributed by atoms with Crippen molar-refractivity contribution in [3.8, 4) is 0 Å². The zero-order chi connectivity index (χ0) is 10.4. The van der Waals surface area contributed by atoms with Gasteiger partial charge in [-0.05, 0) is 25.0 Å². The minimum absolute atomic E-state index is 0.359. The molecule has 0 N–H and O–H groups in total. The summed E-state index contributed by atoms with van der Waals surface area (Å²) in [7, 11) is 0. The van der Waals surface area contributed by atoms with Crippen molar-refractivity contribution in [1.82, 2.24) is 0 Å². The minimum atomic E-state index is -0.600. The molecule has 0 spiro atoms. The molecular formula is C11H12ClO2. The van der Waals surface area contributed by atoms with Crippen molar-refractivity contribution in [1.29, 1.82) is 0 Å². The Morgan fingerprint density at radius 3 is 2.79 bits per heavy atom. The highest BCUT2D eigenvalue weighted by atomic mass is 35.5. The number of carbonyl (C=O) groups excluding carboxylic acids is 1. The number of ether oxygens (including phenoxy) is 1. The lowest BCUT2D eigenvalue weighted by Gasteiger charge is -2.07. The largest absolute Gasteiger partial charge is 0.465 e. The van der Waals surface area contributed by atoms with E-state index in [4.69, 9.17) is 16.3 Å². The summed E-state index contributed by atoms with van der Waals surface area (Å²) < 4.78 is 4.80. The number of carbonyl (C=O) groups is 1. The minimum Gasteiger partial charge on any atom is -0.465 e. The summed E-state index contributed by atoms with van der Waals surface area (Å²) in [4.78, 5) is 11.2. The van der Waals surface area contributed by atoms with Crippen LogP contribution in [0.4, 0.5) is 0 Å². The molecule has 2 nitrogen and oxygen atoms in total. The van der Waals surface area contributed by atoms with Gasteiger partial charge in [-0.1, -0.05) is 24.3 Å². The van der Waals surface area contributed by atoms with Crippen molar-refractivity contribution in [3.63, 3.8) is 0 Å². The van der Waals surface area contributed by atoms with Gasteiger partial charge in [0.25, 0.3) is 0 Å². The summed E-state index contributed by atoms with van der Waals surface area (Å²) in [6.45, 7) is 2.13. The van der Waals surface area contributed by atoms with Crippen LogP contribution < -0.4 is 0 Å². The van der Waals surface area contributed by atoms with Crippen LogP contribution in [-0.4, -0.2) is 18.0 Å². The predicted octanol–water partition coefficient (Wildman–Crippen LogP) is 2.20. The van der Waals surface area contributed by atoms with Crippen molar-refractivity contribution in [3.05, 3.63) is 35.9 Å². The molecule has 14 heavy (non-hydrogen) atoms. The lowest BCUT2D eigenvalue weighted by molar-refractivity contribution is -0.142. The number of hydrogen-bond donors (Lipinski definition) is 0. The molecule has 1 atom stereocenters. The van der Waals surface area contributed by atoms with Crippen LogP contribution in [0.15, 0.2) is 24.3 Å². The van der Waals surface area contributed by atoms with Gasteiger partial charge in [0.1, 0.15) is 5.38 Å². The SMILES string of the molecule is CCOC(=O)C(Cl)Cc1cc[c]cc1. The third kappa shape index (κ3) is 3.38. The first-order valence-electron chi connectivity index (χ1n) is 4.49. The second-order valence-electron chi connectivity index (χ2n) is 2.83. The van der Waals surface area contributed by atoms with Crippen LogP contribution in [0.3, 0.4) is 0 Å². The molecule has 0 aromatic heterocycles. The van der Waals surface area contributed by atoms with E-state index in [0.717, 1.165) is 5.56 Å². The highest BCUT2D eigenvalue weighted by Crippen LogP contribution is 2.09. The fraction of sp³-hybridized carbons (Fsp3) is 0.364. The Labute approximate surface area is 88.8 Å². The number of hydrogen-bond acceptors (Lipinski definition) is 2. The van der Waals surface area contributed by atoms with E-state index in [1.165, 1.54) is 0 Å². The van der Waals surface area contributed by atoms with Crippen LogP contribution in [0, 0.1) is 6.07 Å². The van der Waals surface area contributed by atoms with Crippen molar-refractivity contribution < 1.29 is 9.53 Å². The Balaban J connectivity index is 2.49. The lowest BCUT2D eigenvalue weighted by Crippen LogP contribution is -2.20. The van der Waals surface area contributed by atoms with E-state index in [2.05, 4.69) is 6.07 Å². The van der Waals surface area contributed by atoms with Crippen molar-refractivity contribution in [2.24, 2.45) is 0 Å². The van der Waals surface area contributed by atoms with Crippen molar-refractivity contribution in [2.75, 3.05) is 6.61 Å². The molecule has 1 aromatic rings. The third-order valence-electron chi connectivity index (χ3n) is 1.74. The molecule has 0 aliphatic carbocycles. The summed E-state index contributed by atoms with van der Waals surface area (Å²) >= 11 is 5.86. The highest BCUT2D eigenvalue weighted by Gasteiger charge is 2.16. The van der Waals surface area contributed by atoms with Gasteiger partial charge in [-0.2, -0.15) is 0 Å². The first-order valence-corrected chi connectivity index (χ1v) is 4.93. The second kappa shape index (κ2) is 5.66. The summed E-state index contributed by atoms with van der Waals surface area (Å²) in [6.07, 6.45) is 0.495. The molecule has 0 fully saturated rings. The number of rotatable bonds is 4. The lowest BCUT2D eigenvalue weighted by atomic mass is 10.1. The van der Waals surface area contributed by atoms with Crippen LogP contribution in [0.5, 0.6) is 0 Å². The normalized spacial score (nSPS) is 12.1. The van der Waals surface area contributed by atoms with E-state index in [1.807, 2.05) is 12.1 Å². The maximum absolute atomic E-state index is 11.2. The molecule has 3 heteroatoms. The molecule has 1 unspecified atom stereocenters. The molecule has 0 saturated carbocycles. The topological polar surface area (TPSA) is 26.3 Å². The van der Waals surface area contributed by atoms with Gasteiger partial charge in [-0.25, -0.2) is 0 Å². The smallest absolute Gasteiger partial charge is 0.324 e. The predicted molar refractivity (Wildman–Crippen MR) is 55.3 cm³/mol. The monoisotopic (exact) mass is 211 g/mol. The number of benzene rings is 1. The van der Waals surface area contributed by atoms with Crippen LogP contribution in [0.25, 0.3) is 0 Å². The quantitative estimate of drug-likeness (QED) is 0.564. The summed E-state index contributed by atoms with van der Waals surface area (Å²) in [5.74, 6) is -0.359. The molecule has 1 radical (unpaired) electrons.